The molecule has 2 aromatic rings. The van der Waals surface area contributed by atoms with Crippen molar-refractivity contribution in [3.8, 4) is 0 Å². The van der Waals surface area contributed by atoms with E-state index in [-0.39, 0.29) is 43.0 Å². The number of fused-ring (bicyclic) bond motifs is 1. The van der Waals surface area contributed by atoms with Gasteiger partial charge in [-0.15, -0.1) is 23.7 Å². The summed E-state index contributed by atoms with van der Waals surface area (Å²) in [5.41, 5.74) is 0.743. The highest BCUT2D eigenvalue weighted by Gasteiger charge is 2.17. The first-order valence-corrected chi connectivity index (χ1v) is 8.61. The first-order chi connectivity index (χ1) is 10.7. The lowest BCUT2D eigenvalue weighted by Crippen LogP contribution is -2.45. The van der Waals surface area contributed by atoms with Crippen LogP contribution < -0.4 is 10.6 Å². The van der Waals surface area contributed by atoms with Gasteiger partial charge in [0.1, 0.15) is 0 Å². The molecule has 2 heterocycles. The van der Waals surface area contributed by atoms with Crippen LogP contribution in [0.4, 0.5) is 0 Å². The quantitative estimate of drug-likeness (QED) is 0.813. The second-order valence-electron chi connectivity index (χ2n) is 5.68. The van der Waals surface area contributed by atoms with E-state index in [0.717, 1.165) is 41.6 Å². The van der Waals surface area contributed by atoms with Gasteiger partial charge in [-0.25, -0.2) is 0 Å². The Labute approximate surface area is 146 Å². The molecule has 4 nitrogen and oxygen atoms in total. The van der Waals surface area contributed by atoms with Crippen LogP contribution in [0.2, 0.25) is 0 Å². The van der Waals surface area contributed by atoms with E-state index < -0.39 is 0 Å². The number of hydrogen-bond acceptors (Lipinski definition) is 4. The van der Waals surface area contributed by atoms with Crippen molar-refractivity contribution < 1.29 is 9.59 Å². The Morgan fingerprint density at radius 1 is 1.26 bits per heavy atom. The molecular weight excluding hydrogens is 332 g/mol. The van der Waals surface area contributed by atoms with Crippen LogP contribution in [0.3, 0.4) is 0 Å². The Morgan fingerprint density at radius 3 is 2.87 bits per heavy atom. The normalized spacial score (nSPS) is 17.5. The summed E-state index contributed by atoms with van der Waals surface area (Å²) in [5, 5.41) is 9.17. The van der Waals surface area contributed by atoms with Crippen molar-refractivity contribution in [2.45, 2.75) is 31.7 Å². The third-order valence-electron chi connectivity index (χ3n) is 4.02. The van der Waals surface area contributed by atoms with Crippen LogP contribution in [0, 0.1) is 0 Å². The van der Waals surface area contributed by atoms with Gasteiger partial charge in [-0.2, -0.15) is 0 Å². The van der Waals surface area contributed by atoms with Crippen molar-refractivity contribution in [2.24, 2.45) is 0 Å². The third kappa shape index (κ3) is 4.53. The summed E-state index contributed by atoms with van der Waals surface area (Å²) in [6.07, 6.45) is 2.64. The fourth-order valence-corrected chi connectivity index (χ4v) is 3.80. The number of carbonyl (C=O) groups is 2. The number of amides is 1. The van der Waals surface area contributed by atoms with E-state index in [1.165, 1.54) is 0 Å². The highest BCUT2D eigenvalue weighted by molar-refractivity contribution is 7.17. The molecule has 0 saturated carbocycles. The minimum atomic E-state index is -0.0263. The lowest BCUT2D eigenvalue weighted by atomic mass is 10.0. The summed E-state index contributed by atoms with van der Waals surface area (Å²) in [6.45, 7) is 1.85. The molecule has 0 aliphatic carbocycles. The molecule has 124 valence electrons. The minimum absolute atomic E-state index is 0. The van der Waals surface area contributed by atoms with Gasteiger partial charge in [-0.1, -0.05) is 18.2 Å². The van der Waals surface area contributed by atoms with Gasteiger partial charge in [-0.05, 0) is 25.5 Å². The smallest absolute Gasteiger partial charge is 0.220 e. The van der Waals surface area contributed by atoms with Crippen molar-refractivity contribution in [1.82, 2.24) is 10.6 Å². The second kappa shape index (κ2) is 8.43. The number of nitrogens with one attached hydrogen (secondary N) is 2. The summed E-state index contributed by atoms with van der Waals surface area (Å²) in [5.74, 6) is 0.0240. The van der Waals surface area contributed by atoms with E-state index in [9.17, 15) is 9.59 Å². The molecule has 0 spiro atoms. The third-order valence-corrected chi connectivity index (χ3v) is 4.99. The molecule has 1 aliphatic heterocycles. The fraction of sp³-hybridized carbons (Fsp3) is 0.412. The van der Waals surface area contributed by atoms with Gasteiger partial charge < -0.3 is 10.6 Å². The summed E-state index contributed by atoms with van der Waals surface area (Å²) in [6, 6.07) is 8.10. The van der Waals surface area contributed by atoms with Crippen LogP contribution in [-0.4, -0.2) is 30.8 Å². The molecule has 1 atom stereocenters. The predicted molar refractivity (Wildman–Crippen MR) is 96.7 cm³/mol. The van der Waals surface area contributed by atoms with Gasteiger partial charge in [0.05, 0.1) is 0 Å². The number of hydrogen-bond donors (Lipinski definition) is 2. The number of carbonyl (C=O) groups excluding carboxylic acids is 2. The van der Waals surface area contributed by atoms with Crippen LogP contribution in [0.15, 0.2) is 29.6 Å². The Hall–Kier alpha value is -1.43. The van der Waals surface area contributed by atoms with Crippen molar-refractivity contribution in [3.05, 3.63) is 35.2 Å². The standard InChI is InChI=1S/C17H20N2O2S.ClH/c20-15(14-11-22-16-6-2-1-5-13(14)16)7-8-17(21)19-12-4-3-9-18-10-12;/h1-2,5-6,11-12,18H,3-4,7-10H2,(H,19,21);1H/t12-;/m0./s1. The monoisotopic (exact) mass is 352 g/mol. The summed E-state index contributed by atoms with van der Waals surface area (Å²) in [4.78, 5) is 24.3. The van der Waals surface area contributed by atoms with E-state index >= 15 is 0 Å². The summed E-state index contributed by atoms with van der Waals surface area (Å²) < 4.78 is 1.11. The first-order valence-electron chi connectivity index (χ1n) is 7.73. The maximum atomic E-state index is 12.3. The number of halogens is 1. The number of benzene rings is 1. The Kier molecular flexibility index (Phi) is 6.57. The van der Waals surface area contributed by atoms with Crippen LogP contribution in [0.25, 0.3) is 10.1 Å². The average molecular weight is 353 g/mol. The maximum Gasteiger partial charge on any atom is 0.220 e. The summed E-state index contributed by atoms with van der Waals surface area (Å²) >= 11 is 1.58. The molecule has 0 bridgehead atoms. The Balaban J connectivity index is 0.00000192. The summed E-state index contributed by atoms with van der Waals surface area (Å²) in [7, 11) is 0. The number of rotatable bonds is 5. The molecule has 1 aliphatic rings. The van der Waals surface area contributed by atoms with E-state index in [4.69, 9.17) is 0 Å². The van der Waals surface area contributed by atoms with Crippen molar-refractivity contribution >= 4 is 45.5 Å². The van der Waals surface area contributed by atoms with Crippen LogP contribution in [0.1, 0.15) is 36.0 Å². The zero-order valence-electron chi connectivity index (χ0n) is 12.8. The number of thiophene rings is 1. The molecule has 1 aromatic heterocycles. The van der Waals surface area contributed by atoms with Gasteiger partial charge in [-0.3, -0.25) is 9.59 Å². The van der Waals surface area contributed by atoms with E-state index in [1.807, 2.05) is 29.6 Å². The Morgan fingerprint density at radius 2 is 2.09 bits per heavy atom. The average Bonchev–Trinajstić information content (AvgIpc) is 2.98. The van der Waals surface area contributed by atoms with E-state index in [1.54, 1.807) is 11.3 Å². The molecule has 1 amide bonds. The Bertz CT molecular complexity index is 680. The molecule has 3 rings (SSSR count). The number of piperidine rings is 1. The maximum absolute atomic E-state index is 12.3. The lowest BCUT2D eigenvalue weighted by molar-refractivity contribution is -0.121. The lowest BCUT2D eigenvalue weighted by Gasteiger charge is -2.23. The molecule has 23 heavy (non-hydrogen) atoms. The molecule has 2 N–H and O–H groups in total. The topological polar surface area (TPSA) is 58.2 Å². The van der Waals surface area contributed by atoms with E-state index in [0.29, 0.717) is 0 Å². The predicted octanol–water partition coefficient (Wildman–Crippen LogP) is 3.15. The first kappa shape index (κ1) is 17.9. The molecule has 6 heteroatoms. The zero-order valence-corrected chi connectivity index (χ0v) is 14.5. The zero-order chi connectivity index (χ0) is 15.4. The molecule has 0 unspecified atom stereocenters. The highest BCUT2D eigenvalue weighted by atomic mass is 35.5. The van der Waals surface area contributed by atoms with Gasteiger partial charge in [0, 0.05) is 46.5 Å². The van der Waals surface area contributed by atoms with Crippen molar-refractivity contribution in [2.75, 3.05) is 13.1 Å². The number of ketones is 1. The molecule has 1 fully saturated rings. The van der Waals surface area contributed by atoms with Gasteiger partial charge in [0.25, 0.3) is 0 Å². The van der Waals surface area contributed by atoms with Crippen molar-refractivity contribution in [1.29, 1.82) is 0 Å². The SMILES string of the molecule is Cl.O=C(CCC(=O)c1csc2ccccc12)N[C@H]1CCCNC1. The fourth-order valence-electron chi connectivity index (χ4n) is 2.83. The molecule has 1 saturated heterocycles. The molecule has 0 radical (unpaired) electrons. The van der Waals surface area contributed by atoms with Crippen LogP contribution in [0.5, 0.6) is 0 Å². The van der Waals surface area contributed by atoms with Crippen molar-refractivity contribution in [3.63, 3.8) is 0 Å². The number of Topliss-reactive ketones (excluding diaryl/α,β-unsaturated/α-hetero) is 1. The van der Waals surface area contributed by atoms with Gasteiger partial charge >= 0.3 is 0 Å². The van der Waals surface area contributed by atoms with Crippen LogP contribution in [-0.2, 0) is 4.79 Å². The van der Waals surface area contributed by atoms with E-state index in [2.05, 4.69) is 10.6 Å². The largest absolute Gasteiger partial charge is 0.352 e. The highest BCUT2D eigenvalue weighted by Crippen LogP contribution is 2.26. The van der Waals surface area contributed by atoms with Gasteiger partial charge in [0.15, 0.2) is 5.78 Å². The molecule has 1 aromatic carbocycles. The molecular formula is C17H21ClN2O2S. The minimum Gasteiger partial charge on any atom is -0.352 e. The van der Waals surface area contributed by atoms with Gasteiger partial charge in [0.2, 0.25) is 5.91 Å². The second-order valence-corrected chi connectivity index (χ2v) is 6.59. The van der Waals surface area contributed by atoms with Crippen LogP contribution >= 0.6 is 23.7 Å².